The average Bonchev–Trinajstić information content (AvgIpc) is 3.37. The van der Waals surface area contributed by atoms with Crippen molar-refractivity contribution in [3.8, 4) is 0 Å². The second kappa shape index (κ2) is 13.5. The molecular formula is C33H42N2O3. The van der Waals surface area contributed by atoms with Crippen LogP contribution in [0.15, 0.2) is 65.3 Å². The SMILES string of the molecule is CCCCC(C)C(=O)c1ccc(CCC2CCCN(c3ccccc3C)CC2)c(NC(=O)c2ccco2)c1. The highest BCUT2D eigenvalue weighted by molar-refractivity contribution is 6.04. The predicted octanol–water partition coefficient (Wildman–Crippen LogP) is 8.09. The van der Waals surface area contributed by atoms with E-state index in [2.05, 4.69) is 48.3 Å². The lowest BCUT2D eigenvalue weighted by molar-refractivity contribution is 0.0921. The summed E-state index contributed by atoms with van der Waals surface area (Å²) < 4.78 is 5.31. The fraction of sp³-hybridized carbons (Fsp3) is 0.455. The van der Waals surface area contributed by atoms with Gasteiger partial charge in [0.1, 0.15) is 0 Å². The molecule has 1 fully saturated rings. The topological polar surface area (TPSA) is 62.6 Å². The number of hydrogen-bond donors (Lipinski definition) is 1. The van der Waals surface area contributed by atoms with Crippen LogP contribution in [0.25, 0.3) is 0 Å². The molecule has 0 saturated carbocycles. The number of hydrogen-bond acceptors (Lipinski definition) is 4. The standard InChI is InChI=1S/C33H42N2O3/c1-4-5-10-25(3)32(36)28-18-17-27(29(23-28)34-33(37)31-14-9-22-38-31)16-15-26-12-8-20-35(21-19-26)30-13-7-6-11-24(30)2/h6-7,9,11,13-14,17-18,22-23,25-26H,4-5,8,10,12,15-16,19-21H2,1-3H3,(H,34,37). The van der Waals surface area contributed by atoms with Crippen LogP contribution in [0.4, 0.5) is 11.4 Å². The zero-order valence-corrected chi connectivity index (χ0v) is 23.2. The second-order valence-electron chi connectivity index (χ2n) is 10.8. The average molecular weight is 515 g/mol. The number of benzene rings is 2. The molecule has 4 rings (SSSR count). The van der Waals surface area contributed by atoms with Gasteiger partial charge in [0.15, 0.2) is 11.5 Å². The Hall–Kier alpha value is -3.34. The largest absolute Gasteiger partial charge is 0.459 e. The van der Waals surface area contributed by atoms with E-state index in [-0.39, 0.29) is 23.4 Å². The number of para-hydroxylation sites is 1. The lowest BCUT2D eigenvalue weighted by atomic mass is 9.90. The number of nitrogens with zero attached hydrogens (tertiary/aromatic N) is 1. The summed E-state index contributed by atoms with van der Waals surface area (Å²) in [4.78, 5) is 28.5. The highest BCUT2D eigenvalue weighted by Crippen LogP contribution is 2.30. The first-order valence-corrected chi connectivity index (χ1v) is 14.3. The molecule has 1 amide bonds. The number of rotatable bonds is 11. The summed E-state index contributed by atoms with van der Waals surface area (Å²) in [7, 11) is 0. The second-order valence-corrected chi connectivity index (χ2v) is 10.8. The number of furan rings is 1. The summed E-state index contributed by atoms with van der Waals surface area (Å²) in [6.45, 7) is 8.50. The Kier molecular flexibility index (Phi) is 9.80. The molecule has 0 spiro atoms. The van der Waals surface area contributed by atoms with Gasteiger partial charge in [-0.2, -0.15) is 0 Å². The van der Waals surface area contributed by atoms with E-state index >= 15 is 0 Å². The first-order chi connectivity index (χ1) is 18.5. The van der Waals surface area contributed by atoms with Crippen LogP contribution >= 0.6 is 0 Å². The van der Waals surface area contributed by atoms with Crippen molar-refractivity contribution in [2.45, 2.75) is 72.1 Å². The van der Waals surface area contributed by atoms with Gasteiger partial charge in [-0.1, -0.05) is 57.0 Å². The number of carbonyl (C=O) groups excluding carboxylic acids is 2. The van der Waals surface area contributed by atoms with Crippen LogP contribution in [-0.2, 0) is 6.42 Å². The lowest BCUT2D eigenvalue weighted by Gasteiger charge is -2.24. The van der Waals surface area contributed by atoms with Crippen LogP contribution in [0.3, 0.4) is 0 Å². The zero-order chi connectivity index (χ0) is 26.9. The predicted molar refractivity (Wildman–Crippen MR) is 155 cm³/mol. The molecule has 2 aromatic carbocycles. The van der Waals surface area contributed by atoms with Crippen molar-refractivity contribution in [3.05, 3.63) is 83.3 Å². The molecule has 5 heteroatoms. The molecule has 1 aliphatic heterocycles. The molecule has 1 aromatic heterocycles. The minimum atomic E-state index is -0.289. The molecule has 202 valence electrons. The normalized spacial score (nSPS) is 16.6. The van der Waals surface area contributed by atoms with Crippen molar-refractivity contribution in [1.29, 1.82) is 0 Å². The Morgan fingerprint density at radius 1 is 1.08 bits per heavy atom. The van der Waals surface area contributed by atoms with Gasteiger partial charge in [-0.3, -0.25) is 9.59 Å². The van der Waals surface area contributed by atoms with Crippen molar-refractivity contribution in [2.75, 3.05) is 23.3 Å². The number of aryl methyl sites for hydroxylation is 2. The molecule has 1 aliphatic rings. The number of carbonyl (C=O) groups is 2. The third kappa shape index (κ3) is 7.15. The number of ketones is 1. The van der Waals surface area contributed by atoms with Crippen LogP contribution in [0.5, 0.6) is 0 Å². The minimum absolute atomic E-state index is 0.0309. The lowest BCUT2D eigenvalue weighted by Crippen LogP contribution is -2.24. The van der Waals surface area contributed by atoms with Crippen molar-refractivity contribution in [1.82, 2.24) is 0 Å². The van der Waals surface area contributed by atoms with Crippen molar-refractivity contribution >= 4 is 23.1 Å². The van der Waals surface area contributed by atoms with E-state index in [1.54, 1.807) is 12.1 Å². The van der Waals surface area contributed by atoms with E-state index in [1.807, 2.05) is 25.1 Å². The smallest absolute Gasteiger partial charge is 0.291 e. The van der Waals surface area contributed by atoms with Crippen molar-refractivity contribution < 1.29 is 14.0 Å². The van der Waals surface area contributed by atoms with Crippen molar-refractivity contribution in [2.24, 2.45) is 11.8 Å². The maximum Gasteiger partial charge on any atom is 0.291 e. The molecule has 0 bridgehead atoms. The molecular weight excluding hydrogens is 472 g/mol. The summed E-state index contributed by atoms with van der Waals surface area (Å²) in [5.74, 6) is 0.718. The van der Waals surface area contributed by atoms with Crippen molar-refractivity contribution in [3.63, 3.8) is 0 Å². The maximum absolute atomic E-state index is 13.1. The monoisotopic (exact) mass is 514 g/mol. The van der Waals surface area contributed by atoms with E-state index in [9.17, 15) is 9.59 Å². The van der Waals surface area contributed by atoms with E-state index in [1.165, 1.54) is 30.4 Å². The molecule has 38 heavy (non-hydrogen) atoms. The van der Waals surface area contributed by atoms with Crippen LogP contribution in [0, 0.1) is 18.8 Å². The maximum atomic E-state index is 13.1. The highest BCUT2D eigenvalue weighted by atomic mass is 16.3. The van der Waals surface area contributed by atoms with Gasteiger partial charge in [0, 0.05) is 35.9 Å². The van der Waals surface area contributed by atoms with Gasteiger partial charge in [0.05, 0.1) is 6.26 Å². The highest BCUT2D eigenvalue weighted by Gasteiger charge is 2.21. The number of nitrogens with one attached hydrogen (secondary N) is 1. The molecule has 1 N–H and O–H groups in total. The van der Waals surface area contributed by atoms with Gasteiger partial charge in [-0.15, -0.1) is 0 Å². The summed E-state index contributed by atoms with van der Waals surface area (Å²) in [6, 6.07) is 17.9. The number of Topliss-reactive ketones (excluding diaryl/α,β-unsaturated/α-hetero) is 1. The van der Waals surface area contributed by atoms with Gasteiger partial charge >= 0.3 is 0 Å². The first-order valence-electron chi connectivity index (χ1n) is 14.3. The Morgan fingerprint density at radius 2 is 1.92 bits per heavy atom. The van der Waals surface area contributed by atoms with Gasteiger partial charge in [0.25, 0.3) is 5.91 Å². The molecule has 3 aromatic rings. The fourth-order valence-corrected chi connectivity index (χ4v) is 5.55. The first kappa shape index (κ1) is 27.7. The molecule has 1 saturated heterocycles. The zero-order valence-electron chi connectivity index (χ0n) is 23.2. The van der Waals surface area contributed by atoms with Crippen LogP contribution in [-0.4, -0.2) is 24.8 Å². The van der Waals surface area contributed by atoms with E-state index in [4.69, 9.17) is 4.42 Å². The van der Waals surface area contributed by atoms with E-state index < -0.39 is 0 Å². The number of amides is 1. The summed E-state index contributed by atoms with van der Waals surface area (Å²) in [5.41, 5.74) is 5.14. The van der Waals surface area contributed by atoms with Crippen LogP contribution in [0.2, 0.25) is 0 Å². The quantitative estimate of drug-likeness (QED) is 0.263. The Labute approximate surface area is 227 Å². The van der Waals surface area contributed by atoms with Crippen LogP contribution in [0.1, 0.15) is 90.8 Å². The van der Waals surface area contributed by atoms with Crippen LogP contribution < -0.4 is 10.2 Å². The Morgan fingerprint density at radius 3 is 2.68 bits per heavy atom. The molecule has 0 aliphatic carbocycles. The molecule has 5 nitrogen and oxygen atoms in total. The summed E-state index contributed by atoms with van der Waals surface area (Å²) >= 11 is 0. The Bertz CT molecular complexity index is 1200. The molecule has 2 atom stereocenters. The van der Waals surface area contributed by atoms with E-state index in [0.717, 1.165) is 62.9 Å². The molecule has 2 unspecified atom stereocenters. The molecule has 0 radical (unpaired) electrons. The summed E-state index contributed by atoms with van der Waals surface area (Å²) in [6.07, 6.45) is 9.97. The number of unbranched alkanes of at least 4 members (excludes halogenated alkanes) is 1. The van der Waals surface area contributed by atoms with Gasteiger partial charge in [0.2, 0.25) is 0 Å². The Balaban J connectivity index is 1.45. The van der Waals surface area contributed by atoms with Gasteiger partial charge in [-0.05, 0) is 86.8 Å². The fourth-order valence-electron chi connectivity index (χ4n) is 5.55. The van der Waals surface area contributed by atoms with E-state index in [0.29, 0.717) is 11.5 Å². The van der Waals surface area contributed by atoms with Gasteiger partial charge < -0.3 is 14.6 Å². The third-order valence-electron chi connectivity index (χ3n) is 7.95. The minimum Gasteiger partial charge on any atom is -0.459 e. The van der Waals surface area contributed by atoms with Gasteiger partial charge in [-0.25, -0.2) is 0 Å². The number of anilines is 2. The molecule has 2 heterocycles. The third-order valence-corrected chi connectivity index (χ3v) is 7.95. The summed E-state index contributed by atoms with van der Waals surface area (Å²) in [5, 5.41) is 3.03.